The maximum absolute atomic E-state index is 12.0. The van der Waals surface area contributed by atoms with E-state index >= 15 is 0 Å². The minimum Gasteiger partial charge on any atom is -0.496 e. The molecule has 0 aliphatic carbocycles. The highest BCUT2D eigenvalue weighted by molar-refractivity contribution is 7.89. The number of methoxy groups -OCH3 is 1. The first-order chi connectivity index (χ1) is 10.8. The molecule has 6 nitrogen and oxygen atoms in total. The summed E-state index contributed by atoms with van der Waals surface area (Å²) >= 11 is 0. The minimum atomic E-state index is -3.73. The number of ether oxygens (including phenoxy) is 1. The third kappa shape index (κ3) is 4.54. The SMILES string of the molecule is COc1ccc(CC(=O)Nc2ccc(S(N)(=O)=O)cc2)cc1C. The summed E-state index contributed by atoms with van der Waals surface area (Å²) in [5, 5.41) is 7.73. The topological polar surface area (TPSA) is 98.5 Å². The molecule has 0 saturated heterocycles. The molecule has 0 aromatic heterocycles. The van der Waals surface area contributed by atoms with Crippen molar-refractivity contribution < 1.29 is 17.9 Å². The van der Waals surface area contributed by atoms with Crippen molar-refractivity contribution in [3.8, 4) is 5.75 Å². The van der Waals surface area contributed by atoms with Gasteiger partial charge in [-0.15, -0.1) is 0 Å². The van der Waals surface area contributed by atoms with Crippen molar-refractivity contribution >= 4 is 21.6 Å². The van der Waals surface area contributed by atoms with Gasteiger partial charge in [0.25, 0.3) is 0 Å². The second-order valence-corrected chi connectivity index (χ2v) is 6.66. The van der Waals surface area contributed by atoms with Crippen LogP contribution >= 0.6 is 0 Å². The Kier molecular flexibility index (Phi) is 5.02. The van der Waals surface area contributed by atoms with Gasteiger partial charge in [-0.3, -0.25) is 4.79 Å². The molecule has 0 heterocycles. The summed E-state index contributed by atoms with van der Waals surface area (Å²) in [7, 11) is -2.14. The lowest BCUT2D eigenvalue weighted by Crippen LogP contribution is -2.15. The Bertz CT molecular complexity index is 814. The van der Waals surface area contributed by atoms with Gasteiger partial charge in [0.15, 0.2) is 0 Å². The average Bonchev–Trinajstić information content (AvgIpc) is 2.47. The molecule has 0 atom stereocenters. The minimum absolute atomic E-state index is 0.00118. The standard InChI is InChI=1S/C16H18N2O4S/c1-11-9-12(3-8-15(11)22-2)10-16(19)18-13-4-6-14(7-5-13)23(17,20)21/h3-9H,10H2,1-2H3,(H,18,19)(H2,17,20,21). The Labute approximate surface area is 135 Å². The lowest BCUT2D eigenvalue weighted by molar-refractivity contribution is -0.115. The van der Waals surface area contributed by atoms with E-state index in [1.54, 1.807) is 7.11 Å². The molecule has 0 aliphatic rings. The van der Waals surface area contributed by atoms with E-state index in [0.29, 0.717) is 5.69 Å². The van der Waals surface area contributed by atoms with Crippen LogP contribution < -0.4 is 15.2 Å². The Morgan fingerprint density at radius 1 is 1.17 bits per heavy atom. The number of hydrogen-bond acceptors (Lipinski definition) is 4. The van der Waals surface area contributed by atoms with E-state index in [1.165, 1.54) is 24.3 Å². The molecule has 0 spiro atoms. The maximum atomic E-state index is 12.0. The predicted octanol–water partition coefficient (Wildman–Crippen LogP) is 1.83. The van der Waals surface area contributed by atoms with Crippen LogP contribution in [-0.2, 0) is 21.2 Å². The van der Waals surface area contributed by atoms with Crippen LogP contribution in [0.3, 0.4) is 0 Å². The molecule has 2 rings (SSSR count). The Morgan fingerprint density at radius 3 is 2.35 bits per heavy atom. The fraction of sp³-hybridized carbons (Fsp3) is 0.188. The second-order valence-electron chi connectivity index (χ2n) is 5.10. The van der Waals surface area contributed by atoms with Crippen LogP contribution in [0.4, 0.5) is 5.69 Å². The number of aryl methyl sites for hydroxylation is 1. The molecule has 0 bridgehead atoms. The lowest BCUT2D eigenvalue weighted by atomic mass is 10.1. The third-order valence-corrected chi connectivity index (χ3v) is 4.22. The molecular formula is C16H18N2O4S. The van der Waals surface area contributed by atoms with Crippen LogP contribution in [0.15, 0.2) is 47.4 Å². The number of benzene rings is 2. The first-order valence-electron chi connectivity index (χ1n) is 6.86. The third-order valence-electron chi connectivity index (χ3n) is 3.29. The Morgan fingerprint density at radius 2 is 1.83 bits per heavy atom. The quantitative estimate of drug-likeness (QED) is 0.871. The van der Waals surface area contributed by atoms with Gasteiger partial charge in [0.2, 0.25) is 15.9 Å². The van der Waals surface area contributed by atoms with E-state index in [-0.39, 0.29) is 17.2 Å². The van der Waals surface area contributed by atoms with Crippen LogP contribution in [0.5, 0.6) is 5.75 Å². The van der Waals surface area contributed by atoms with Gasteiger partial charge in [-0.2, -0.15) is 0 Å². The van der Waals surface area contributed by atoms with Crippen molar-refractivity contribution in [3.63, 3.8) is 0 Å². The molecule has 3 N–H and O–H groups in total. The normalized spacial score (nSPS) is 11.1. The van der Waals surface area contributed by atoms with Gasteiger partial charge >= 0.3 is 0 Å². The molecule has 23 heavy (non-hydrogen) atoms. The van der Waals surface area contributed by atoms with Crippen LogP contribution in [0.2, 0.25) is 0 Å². The number of primary sulfonamides is 1. The molecule has 1 amide bonds. The van der Waals surface area contributed by atoms with Crippen molar-refractivity contribution in [2.24, 2.45) is 5.14 Å². The summed E-state index contributed by atoms with van der Waals surface area (Å²) in [6, 6.07) is 11.2. The number of amides is 1. The summed E-state index contributed by atoms with van der Waals surface area (Å²) in [6.07, 6.45) is 0.210. The fourth-order valence-electron chi connectivity index (χ4n) is 2.17. The van der Waals surface area contributed by atoms with E-state index in [9.17, 15) is 13.2 Å². The highest BCUT2D eigenvalue weighted by atomic mass is 32.2. The molecule has 0 radical (unpaired) electrons. The first-order valence-corrected chi connectivity index (χ1v) is 8.40. The number of carbonyl (C=O) groups excluding carboxylic acids is 1. The molecule has 0 unspecified atom stereocenters. The molecule has 2 aromatic rings. The number of hydrogen-bond donors (Lipinski definition) is 2. The fourth-order valence-corrected chi connectivity index (χ4v) is 2.68. The van der Waals surface area contributed by atoms with Gasteiger partial charge in [0.1, 0.15) is 5.75 Å². The van der Waals surface area contributed by atoms with Crippen molar-refractivity contribution in [3.05, 3.63) is 53.6 Å². The molecule has 2 aromatic carbocycles. The first kappa shape index (κ1) is 17.0. The van der Waals surface area contributed by atoms with Gasteiger partial charge in [-0.1, -0.05) is 12.1 Å². The van der Waals surface area contributed by atoms with Gasteiger partial charge in [0, 0.05) is 5.69 Å². The van der Waals surface area contributed by atoms with Crippen molar-refractivity contribution in [2.75, 3.05) is 12.4 Å². The largest absolute Gasteiger partial charge is 0.496 e. The van der Waals surface area contributed by atoms with Crippen LogP contribution in [-0.4, -0.2) is 21.4 Å². The van der Waals surface area contributed by atoms with Crippen molar-refractivity contribution in [1.82, 2.24) is 0 Å². The van der Waals surface area contributed by atoms with E-state index in [0.717, 1.165) is 16.9 Å². The van der Waals surface area contributed by atoms with Gasteiger partial charge in [-0.25, -0.2) is 13.6 Å². The zero-order valence-corrected chi connectivity index (χ0v) is 13.7. The van der Waals surface area contributed by atoms with Crippen LogP contribution in [0.1, 0.15) is 11.1 Å². The highest BCUT2D eigenvalue weighted by Gasteiger charge is 2.09. The van der Waals surface area contributed by atoms with Crippen molar-refractivity contribution in [2.45, 2.75) is 18.2 Å². The molecular weight excluding hydrogens is 316 g/mol. The summed E-state index contributed by atoms with van der Waals surface area (Å²) in [4.78, 5) is 12.0. The van der Waals surface area contributed by atoms with Crippen LogP contribution in [0, 0.1) is 6.92 Å². The number of carbonyl (C=O) groups is 1. The van der Waals surface area contributed by atoms with Crippen molar-refractivity contribution in [1.29, 1.82) is 0 Å². The summed E-state index contributed by atoms with van der Waals surface area (Å²) < 4.78 is 27.5. The summed E-state index contributed by atoms with van der Waals surface area (Å²) in [6.45, 7) is 1.91. The number of rotatable bonds is 5. The monoisotopic (exact) mass is 334 g/mol. The van der Waals surface area contributed by atoms with E-state index in [1.807, 2.05) is 25.1 Å². The van der Waals surface area contributed by atoms with Gasteiger partial charge < -0.3 is 10.1 Å². The molecule has 0 saturated carbocycles. The number of nitrogens with one attached hydrogen (secondary N) is 1. The van der Waals surface area contributed by atoms with Crippen LogP contribution in [0.25, 0.3) is 0 Å². The maximum Gasteiger partial charge on any atom is 0.238 e. The van der Waals surface area contributed by atoms with Gasteiger partial charge in [0.05, 0.1) is 18.4 Å². The molecule has 0 fully saturated rings. The molecule has 7 heteroatoms. The second kappa shape index (κ2) is 6.80. The van der Waals surface area contributed by atoms with E-state index in [4.69, 9.17) is 9.88 Å². The molecule has 0 aliphatic heterocycles. The number of anilines is 1. The van der Waals surface area contributed by atoms with Gasteiger partial charge in [-0.05, 0) is 48.4 Å². The Balaban J connectivity index is 2.03. The predicted molar refractivity (Wildman–Crippen MR) is 87.9 cm³/mol. The average molecular weight is 334 g/mol. The zero-order chi connectivity index (χ0) is 17.0. The molecule has 122 valence electrons. The smallest absolute Gasteiger partial charge is 0.238 e. The summed E-state index contributed by atoms with van der Waals surface area (Å²) in [5.41, 5.74) is 2.32. The Hall–Kier alpha value is -2.38. The van der Waals surface area contributed by atoms with E-state index in [2.05, 4.69) is 5.32 Å². The zero-order valence-electron chi connectivity index (χ0n) is 12.9. The number of nitrogens with two attached hydrogens (primary N) is 1. The van der Waals surface area contributed by atoms with E-state index < -0.39 is 10.0 Å². The summed E-state index contributed by atoms with van der Waals surface area (Å²) in [5.74, 6) is 0.575. The highest BCUT2D eigenvalue weighted by Crippen LogP contribution is 2.19. The number of sulfonamides is 1. The lowest BCUT2D eigenvalue weighted by Gasteiger charge is -2.08.